The first-order valence-electron chi connectivity index (χ1n) is 9.25. The molecule has 0 spiro atoms. The van der Waals surface area contributed by atoms with E-state index in [1.54, 1.807) is 24.3 Å². The second-order valence-electron chi connectivity index (χ2n) is 8.05. The van der Waals surface area contributed by atoms with Crippen molar-refractivity contribution >= 4 is 24.4 Å². The van der Waals surface area contributed by atoms with Gasteiger partial charge in [0.2, 0.25) is 0 Å². The summed E-state index contributed by atoms with van der Waals surface area (Å²) in [7, 11) is -0.434. The number of imide groups is 1. The molecule has 0 radical (unpaired) electrons. The maximum absolute atomic E-state index is 12.3. The largest absolute Gasteiger partial charge is 0.494 e. The second kappa shape index (κ2) is 6.55. The molecule has 0 aromatic heterocycles. The molecule has 28 heavy (non-hydrogen) atoms. The van der Waals surface area contributed by atoms with Gasteiger partial charge in [-0.05, 0) is 50.9 Å². The van der Waals surface area contributed by atoms with Crippen molar-refractivity contribution in [2.24, 2.45) is 0 Å². The maximum atomic E-state index is 12.3. The minimum Gasteiger partial charge on any atom is -0.399 e. The van der Waals surface area contributed by atoms with Crippen molar-refractivity contribution in [3.05, 3.63) is 65.2 Å². The number of fused-ring (bicyclic) bond motifs is 1. The molecule has 1 fully saturated rings. The molecule has 6 nitrogen and oxygen atoms in total. The van der Waals surface area contributed by atoms with Crippen LogP contribution in [0.4, 0.5) is 0 Å². The number of carbonyl (C=O) groups is 2. The Balaban J connectivity index is 1.41. The monoisotopic (exact) mass is 379 g/mol. The normalized spacial score (nSPS) is 20.0. The SMILES string of the molecule is CC1(C)OB(c2ccc(CON3C(=O)c4ccccc4C3=O)cc2)OC1(C)C. The Bertz CT molecular complexity index is 887. The fourth-order valence-electron chi connectivity index (χ4n) is 3.17. The molecule has 4 rings (SSSR count). The predicted molar refractivity (Wildman–Crippen MR) is 104 cm³/mol. The van der Waals surface area contributed by atoms with Crippen molar-refractivity contribution in [2.45, 2.75) is 45.5 Å². The van der Waals surface area contributed by atoms with Gasteiger partial charge in [0, 0.05) is 0 Å². The summed E-state index contributed by atoms with van der Waals surface area (Å²) in [5, 5.41) is 0.826. The van der Waals surface area contributed by atoms with E-state index in [1.165, 1.54) is 0 Å². The molecule has 2 heterocycles. The molecule has 2 aromatic rings. The topological polar surface area (TPSA) is 65.1 Å². The van der Waals surface area contributed by atoms with E-state index in [-0.39, 0.29) is 6.61 Å². The molecule has 0 N–H and O–H groups in total. The molecule has 0 bridgehead atoms. The van der Waals surface area contributed by atoms with Gasteiger partial charge < -0.3 is 9.31 Å². The molecule has 2 aliphatic heterocycles. The number of hydrogen-bond acceptors (Lipinski definition) is 5. The van der Waals surface area contributed by atoms with Gasteiger partial charge in [0.05, 0.1) is 22.3 Å². The van der Waals surface area contributed by atoms with Crippen LogP contribution in [0.1, 0.15) is 54.0 Å². The highest BCUT2D eigenvalue weighted by Gasteiger charge is 2.51. The van der Waals surface area contributed by atoms with Gasteiger partial charge in [-0.1, -0.05) is 36.4 Å². The molecule has 2 aromatic carbocycles. The molecule has 1 saturated heterocycles. The summed E-state index contributed by atoms with van der Waals surface area (Å²) in [6.45, 7) is 8.15. The van der Waals surface area contributed by atoms with Crippen molar-refractivity contribution < 1.29 is 23.7 Å². The second-order valence-corrected chi connectivity index (χ2v) is 8.05. The Labute approximate surface area is 164 Å². The molecule has 0 saturated carbocycles. The van der Waals surface area contributed by atoms with E-state index in [2.05, 4.69) is 0 Å². The van der Waals surface area contributed by atoms with Crippen molar-refractivity contribution in [3.8, 4) is 0 Å². The lowest BCUT2D eigenvalue weighted by molar-refractivity contribution is -0.101. The minimum atomic E-state index is -0.436. The van der Waals surface area contributed by atoms with Crippen LogP contribution in [0.2, 0.25) is 0 Å². The average Bonchev–Trinajstić information content (AvgIpc) is 3.03. The lowest BCUT2D eigenvalue weighted by Crippen LogP contribution is -2.41. The zero-order valence-corrected chi connectivity index (χ0v) is 16.4. The first-order chi connectivity index (χ1) is 13.2. The number of nitrogens with zero attached hydrogens (tertiary/aromatic N) is 1. The van der Waals surface area contributed by atoms with Gasteiger partial charge in [0.15, 0.2) is 0 Å². The molecule has 0 unspecified atom stereocenters. The molecule has 0 aliphatic carbocycles. The van der Waals surface area contributed by atoms with Gasteiger partial charge in [-0.2, -0.15) is 0 Å². The Kier molecular flexibility index (Phi) is 4.41. The smallest absolute Gasteiger partial charge is 0.399 e. The zero-order valence-electron chi connectivity index (χ0n) is 16.4. The van der Waals surface area contributed by atoms with Gasteiger partial charge >= 0.3 is 7.12 Å². The fourth-order valence-corrected chi connectivity index (χ4v) is 3.17. The highest BCUT2D eigenvalue weighted by molar-refractivity contribution is 6.62. The number of hydrogen-bond donors (Lipinski definition) is 0. The summed E-state index contributed by atoms with van der Waals surface area (Å²) in [6.07, 6.45) is 0. The molecule has 2 aliphatic rings. The molecular formula is C21H22BNO5. The van der Waals surface area contributed by atoms with Crippen LogP contribution in [-0.2, 0) is 20.8 Å². The number of hydroxylamine groups is 2. The summed E-state index contributed by atoms with van der Waals surface area (Å²) >= 11 is 0. The van der Waals surface area contributed by atoms with Crippen LogP contribution in [0.3, 0.4) is 0 Å². The van der Waals surface area contributed by atoms with Crippen LogP contribution in [0.15, 0.2) is 48.5 Å². The van der Waals surface area contributed by atoms with E-state index in [4.69, 9.17) is 14.1 Å². The third kappa shape index (κ3) is 3.05. The van der Waals surface area contributed by atoms with E-state index in [0.29, 0.717) is 11.1 Å². The highest BCUT2D eigenvalue weighted by atomic mass is 16.7. The summed E-state index contributed by atoms with van der Waals surface area (Å²) in [5.41, 5.74) is 1.67. The number of amides is 2. The number of benzene rings is 2. The molecule has 0 atom stereocenters. The summed E-state index contributed by atoms with van der Waals surface area (Å²) in [6, 6.07) is 14.3. The van der Waals surface area contributed by atoms with E-state index in [1.807, 2.05) is 52.0 Å². The van der Waals surface area contributed by atoms with Crippen molar-refractivity contribution in [2.75, 3.05) is 0 Å². The minimum absolute atomic E-state index is 0.106. The first-order valence-corrected chi connectivity index (χ1v) is 9.25. The van der Waals surface area contributed by atoms with Crippen LogP contribution in [-0.4, -0.2) is 35.2 Å². The van der Waals surface area contributed by atoms with Crippen molar-refractivity contribution in [1.29, 1.82) is 0 Å². The highest BCUT2D eigenvalue weighted by Crippen LogP contribution is 2.36. The Morgan fingerprint density at radius 2 is 1.36 bits per heavy atom. The van der Waals surface area contributed by atoms with Crippen molar-refractivity contribution in [3.63, 3.8) is 0 Å². The van der Waals surface area contributed by atoms with Gasteiger partial charge in [-0.3, -0.25) is 14.4 Å². The first kappa shape index (κ1) is 18.9. The van der Waals surface area contributed by atoms with Crippen LogP contribution < -0.4 is 5.46 Å². The van der Waals surface area contributed by atoms with E-state index in [0.717, 1.165) is 16.1 Å². The summed E-state index contributed by atoms with van der Waals surface area (Å²) in [5.74, 6) is -0.871. The molecule has 144 valence electrons. The average molecular weight is 379 g/mol. The Hall–Kier alpha value is -2.48. The number of rotatable bonds is 4. The van der Waals surface area contributed by atoms with Crippen LogP contribution in [0.25, 0.3) is 0 Å². The van der Waals surface area contributed by atoms with Crippen molar-refractivity contribution in [1.82, 2.24) is 5.06 Å². The maximum Gasteiger partial charge on any atom is 0.494 e. The van der Waals surface area contributed by atoms with E-state index in [9.17, 15) is 9.59 Å². The van der Waals surface area contributed by atoms with E-state index < -0.39 is 30.1 Å². The lowest BCUT2D eigenvalue weighted by Gasteiger charge is -2.32. The van der Waals surface area contributed by atoms with Gasteiger partial charge in [-0.15, -0.1) is 5.06 Å². The standard InChI is InChI=1S/C21H22BNO5/c1-20(2)21(3,4)28-22(27-20)15-11-9-14(10-12-15)13-26-23-18(24)16-7-5-6-8-17(16)19(23)25/h5-12H,13H2,1-4H3. The molecule has 7 heteroatoms. The van der Waals surface area contributed by atoms with Crippen LogP contribution in [0, 0.1) is 0 Å². The Morgan fingerprint density at radius 1 is 0.857 bits per heavy atom. The van der Waals surface area contributed by atoms with Crippen LogP contribution in [0.5, 0.6) is 0 Å². The predicted octanol–water partition coefficient (Wildman–Crippen LogP) is 2.71. The molecular weight excluding hydrogens is 357 g/mol. The summed E-state index contributed by atoms with van der Waals surface area (Å²) < 4.78 is 12.1. The quantitative estimate of drug-likeness (QED) is 0.604. The number of carbonyl (C=O) groups excluding carboxylic acids is 2. The zero-order chi connectivity index (χ0) is 20.1. The third-order valence-corrected chi connectivity index (χ3v) is 5.62. The van der Waals surface area contributed by atoms with Crippen LogP contribution >= 0.6 is 0 Å². The van der Waals surface area contributed by atoms with Gasteiger partial charge in [-0.25, -0.2) is 0 Å². The Morgan fingerprint density at radius 3 is 1.86 bits per heavy atom. The molecule has 2 amide bonds. The lowest BCUT2D eigenvalue weighted by atomic mass is 9.79. The van der Waals surface area contributed by atoms with Gasteiger partial charge in [0.1, 0.15) is 6.61 Å². The summed E-state index contributed by atoms with van der Waals surface area (Å²) in [4.78, 5) is 30.1. The van der Waals surface area contributed by atoms with E-state index >= 15 is 0 Å². The van der Waals surface area contributed by atoms with Gasteiger partial charge in [0.25, 0.3) is 11.8 Å². The third-order valence-electron chi connectivity index (χ3n) is 5.62. The fraction of sp³-hybridized carbons (Fsp3) is 0.333.